The molecule has 1 nitrogen and oxygen atoms in total. The molecule has 0 aliphatic heterocycles. The van der Waals surface area contributed by atoms with Crippen molar-refractivity contribution in [3.05, 3.63) is 182 Å². The van der Waals surface area contributed by atoms with Crippen LogP contribution in [0, 0.1) is 0 Å². The number of rotatable bonds is 3. The fourth-order valence-electron chi connectivity index (χ4n) is 9.13. The number of thiophene rings is 1. The molecule has 10 aromatic carbocycles. The van der Waals surface area contributed by atoms with Crippen LogP contribution in [0.25, 0.3) is 119 Å². The first-order valence-corrected chi connectivity index (χ1v) is 19.3. The first-order valence-electron chi connectivity index (χ1n) is 18.5. The average molecular weight is 703 g/mol. The number of benzene rings is 10. The highest BCUT2D eigenvalue weighted by Crippen LogP contribution is 2.49. The molecule has 12 aromatic rings. The summed E-state index contributed by atoms with van der Waals surface area (Å²) in [5, 5.41) is 15.0. The molecular weight excluding hydrogens is 673 g/mol. The summed E-state index contributed by atoms with van der Waals surface area (Å²) in [6.07, 6.45) is 0. The minimum atomic E-state index is 0.912. The van der Waals surface area contributed by atoms with Crippen LogP contribution in [0.2, 0.25) is 0 Å². The maximum atomic E-state index is 6.75. The zero-order valence-electron chi connectivity index (χ0n) is 29.1. The molecule has 54 heavy (non-hydrogen) atoms. The van der Waals surface area contributed by atoms with Crippen LogP contribution < -0.4 is 0 Å². The standard InChI is InChI=1S/C52H30OS/c1-2-12-31(13-3-1)34-26-27-42(37-17-7-6-16-36(34)37)49-40-20-10-8-18-38(40)48(39-19-9-11-21-41(39)49)33-23-24-43-46(30-33)53-45-28-29-47-51(50(43)45)44-25-22-32-14-4-5-15-35(32)52(44)54-47/h1-30H. The van der Waals surface area contributed by atoms with Gasteiger partial charge in [0.15, 0.2) is 0 Å². The van der Waals surface area contributed by atoms with Gasteiger partial charge in [0.1, 0.15) is 11.2 Å². The van der Waals surface area contributed by atoms with Crippen LogP contribution >= 0.6 is 11.3 Å². The average Bonchev–Trinajstić information content (AvgIpc) is 3.81. The first kappa shape index (κ1) is 29.8. The predicted molar refractivity (Wildman–Crippen MR) is 233 cm³/mol. The Morgan fingerprint density at radius 3 is 1.67 bits per heavy atom. The third kappa shape index (κ3) is 4.20. The van der Waals surface area contributed by atoms with Gasteiger partial charge >= 0.3 is 0 Å². The van der Waals surface area contributed by atoms with Crippen molar-refractivity contribution in [2.24, 2.45) is 0 Å². The van der Waals surface area contributed by atoms with Gasteiger partial charge in [0.2, 0.25) is 0 Å². The van der Waals surface area contributed by atoms with E-state index in [0.717, 1.165) is 22.1 Å². The van der Waals surface area contributed by atoms with Crippen LogP contribution in [0.1, 0.15) is 0 Å². The molecule has 0 saturated heterocycles. The molecule has 0 spiro atoms. The van der Waals surface area contributed by atoms with E-state index < -0.39 is 0 Å². The second-order valence-electron chi connectivity index (χ2n) is 14.3. The summed E-state index contributed by atoms with van der Waals surface area (Å²) in [6, 6.07) is 66.5. The zero-order chi connectivity index (χ0) is 35.3. The van der Waals surface area contributed by atoms with Gasteiger partial charge in [-0.3, -0.25) is 0 Å². The summed E-state index contributed by atoms with van der Waals surface area (Å²) in [4.78, 5) is 0. The van der Waals surface area contributed by atoms with Crippen molar-refractivity contribution in [2.75, 3.05) is 0 Å². The molecule has 0 radical (unpaired) electrons. The molecule has 0 atom stereocenters. The van der Waals surface area contributed by atoms with Crippen molar-refractivity contribution in [1.82, 2.24) is 0 Å². The predicted octanol–water partition coefficient (Wildman–Crippen LogP) is 15.6. The minimum absolute atomic E-state index is 0.912. The highest BCUT2D eigenvalue weighted by Gasteiger charge is 2.21. The molecule has 0 fully saturated rings. The summed E-state index contributed by atoms with van der Waals surface area (Å²) >= 11 is 1.88. The molecule has 0 amide bonds. The van der Waals surface area contributed by atoms with Gasteiger partial charge in [0, 0.05) is 30.9 Å². The summed E-state index contributed by atoms with van der Waals surface area (Å²) in [7, 11) is 0. The summed E-state index contributed by atoms with van der Waals surface area (Å²) in [6.45, 7) is 0. The summed E-state index contributed by atoms with van der Waals surface area (Å²) in [5.74, 6) is 0. The topological polar surface area (TPSA) is 13.1 Å². The quantitative estimate of drug-likeness (QED) is 0.167. The van der Waals surface area contributed by atoms with Gasteiger partial charge in [-0.05, 0) is 101 Å². The van der Waals surface area contributed by atoms with Gasteiger partial charge in [0.25, 0.3) is 0 Å². The fraction of sp³-hybridized carbons (Fsp3) is 0. The number of fused-ring (bicyclic) bond motifs is 12. The van der Waals surface area contributed by atoms with E-state index in [0.29, 0.717) is 0 Å². The van der Waals surface area contributed by atoms with E-state index in [9.17, 15) is 0 Å². The molecule has 2 aromatic heterocycles. The van der Waals surface area contributed by atoms with E-state index in [1.165, 1.54) is 96.5 Å². The van der Waals surface area contributed by atoms with Gasteiger partial charge in [-0.15, -0.1) is 11.3 Å². The van der Waals surface area contributed by atoms with Gasteiger partial charge in [-0.1, -0.05) is 158 Å². The maximum Gasteiger partial charge on any atom is 0.136 e. The van der Waals surface area contributed by atoms with E-state index in [-0.39, 0.29) is 0 Å². The van der Waals surface area contributed by atoms with Crippen LogP contribution in [0.5, 0.6) is 0 Å². The first-order chi connectivity index (χ1) is 26.8. The Bertz CT molecular complexity index is 3440. The Morgan fingerprint density at radius 1 is 0.333 bits per heavy atom. The normalized spacial score (nSPS) is 12.1. The second-order valence-corrected chi connectivity index (χ2v) is 15.4. The van der Waals surface area contributed by atoms with Crippen LogP contribution in [0.15, 0.2) is 186 Å². The van der Waals surface area contributed by atoms with Gasteiger partial charge in [-0.25, -0.2) is 0 Å². The van der Waals surface area contributed by atoms with E-state index in [2.05, 4.69) is 182 Å². The highest BCUT2D eigenvalue weighted by molar-refractivity contribution is 7.27. The molecule has 0 aliphatic rings. The van der Waals surface area contributed by atoms with Crippen molar-refractivity contribution in [3.63, 3.8) is 0 Å². The number of furan rings is 1. The fourth-order valence-corrected chi connectivity index (χ4v) is 10.4. The van der Waals surface area contributed by atoms with Crippen molar-refractivity contribution in [2.45, 2.75) is 0 Å². The third-order valence-electron chi connectivity index (χ3n) is 11.5. The van der Waals surface area contributed by atoms with Crippen molar-refractivity contribution >= 4 is 96.5 Å². The molecule has 2 heterocycles. The maximum absolute atomic E-state index is 6.75. The Balaban J connectivity index is 1.11. The van der Waals surface area contributed by atoms with Crippen LogP contribution in [0.4, 0.5) is 0 Å². The molecule has 0 bridgehead atoms. The molecule has 0 unspecified atom stereocenters. The molecule has 2 heteroatoms. The SMILES string of the molecule is c1ccc(-c2ccc(-c3c4ccccc4c(-c4ccc5c(c4)oc4ccc6sc7c8ccccc8ccc7c6c45)c4ccccc34)c3ccccc23)cc1. The molecule has 250 valence electrons. The smallest absolute Gasteiger partial charge is 0.136 e. The van der Waals surface area contributed by atoms with E-state index in [1.807, 2.05) is 11.3 Å². The van der Waals surface area contributed by atoms with Crippen molar-refractivity contribution in [1.29, 1.82) is 0 Å². The lowest BCUT2D eigenvalue weighted by molar-refractivity contribution is 0.669. The van der Waals surface area contributed by atoms with Gasteiger partial charge < -0.3 is 4.42 Å². The third-order valence-corrected chi connectivity index (χ3v) is 12.7. The largest absolute Gasteiger partial charge is 0.456 e. The lowest BCUT2D eigenvalue weighted by Crippen LogP contribution is -1.92. The van der Waals surface area contributed by atoms with E-state index in [1.54, 1.807) is 0 Å². The second kappa shape index (κ2) is 11.4. The summed E-state index contributed by atoms with van der Waals surface area (Å²) in [5.41, 5.74) is 9.22. The highest BCUT2D eigenvalue weighted by atomic mass is 32.1. The zero-order valence-corrected chi connectivity index (χ0v) is 30.0. The Kier molecular flexibility index (Phi) is 6.28. The number of hydrogen-bond donors (Lipinski definition) is 0. The van der Waals surface area contributed by atoms with Crippen LogP contribution in [-0.2, 0) is 0 Å². The lowest BCUT2D eigenvalue weighted by atomic mass is 9.83. The molecule has 0 aliphatic carbocycles. The van der Waals surface area contributed by atoms with Crippen molar-refractivity contribution in [3.8, 4) is 33.4 Å². The van der Waals surface area contributed by atoms with Gasteiger partial charge in [0.05, 0.1) is 0 Å². The monoisotopic (exact) mass is 702 g/mol. The Labute approximate surface area is 314 Å². The van der Waals surface area contributed by atoms with Crippen LogP contribution in [-0.4, -0.2) is 0 Å². The Morgan fingerprint density at radius 2 is 0.926 bits per heavy atom. The van der Waals surface area contributed by atoms with Crippen molar-refractivity contribution < 1.29 is 4.42 Å². The molecule has 12 rings (SSSR count). The van der Waals surface area contributed by atoms with Gasteiger partial charge in [-0.2, -0.15) is 0 Å². The summed E-state index contributed by atoms with van der Waals surface area (Å²) < 4.78 is 9.37. The molecular formula is C52H30OS. The minimum Gasteiger partial charge on any atom is -0.456 e. The lowest BCUT2D eigenvalue weighted by Gasteiger charge is -2.19. The van der Waals surface area contributed by atoms with E-state index in [4.69, 9.17) is 4.42 Å². The van der Waals surface area contributed by atoms with E-state index >= 15 is 0 Å². The molecule has 0 saturated carbocycles. The molecule has 0 N–H and O–H groups in total. The number of hydrogen-bond acceptors (Lipinski definition) is 2. The van der Waals surface area contributed by atoms with Crippen LogP contribution in [0.3, 0.4) is 0 Å². The Hall–Kier alpha value is -6.74.